The number of alkyl halides is 1. The fourth-order valence-corrected chi connectivity index (χ4v) is 1.27. The summed E-state index contributed by atoms with van der Waals surface area (Å²) < 4.78 is 17.5. The zero-order chi connectivity index (χ0) is 9.84. The Morgan fingerprint density at radius 3 is 2.77 bits per heavy atom. The Morgan fingerprint density at radius 2 is 2.31 bits per heavy atom. The van der Waals surface area contributed by atoms with Crippen molar-refractivity contribution in [3.8, 4) is 5.75 Å². The molecular formula is C8H7BrFNO2. The molecule has 0 saturated heterocycles. The minimum absolute atomic E-state index is 0.106. The van der Waals surface area contributed by atoms with Gasteiger partial charge in [-0.25, -0.2) is 9.18 Å². The summed E-state index contributed by atoms with van der Waals surface area (Å²) in [5.41, 5.74) is 5.25. The first kappa shape index (κ1) is 9.98. The molecule has 0 saturated carbocycles. The van der Waals surface area contributed by atoms with Gasteiger partial charge in [-0.05, 0) is 11.6 Å². The highest BCUT2D eigenvalue weighted by Gasteiger charge is 2.04. The van der Waals surface area contributed by atoms with Crippen LogP contribution < -0.4 is 10.5 Å². The SMILES string of the molecule is NC(=O)Oc1ccc(CBr)c(F)c1. The summed E-state index contributed by atoms with van der Waals surface area (Å²) in [6, 6.07) is 4.11. The van der Waals surface area contributed by atoms with Gasteiger partial charge in [-0.15, -0.1) is 0 Å². The maximum Gasteiger partial charge on any atom is 0.409 e. The van der Waals surface area contributed by atoms with Crippen LogP contribution in [0.15, 0.2) is 18.2 Å². The highest BCUT2D eigenvalue weighted by atomic mass is 79.9. The molecule has 0 spiro atoms. The fraction of sp³-hybridized carbons (Fsp3) is 0.125. The van der Waals surface area contributed by atoms with Crippen LogP contribution in [-0.4, -0.2) is 6.09 Å². The zero-order valence-corrected chi connectivity index (χ0v) is 8.17. The summed E-state index contributed by atoms with van der Waals surface area (Å²) in [6.07, 6.45) is -0.953. The second-order valence-corrected chi connectivity index (χ2v) is 2.87. The molecule has 2 N–H and O–H groups in total. The van der Waals surface area contributed by atoms with Crippen LogP contribution in [0.25, 0.3) is 0 Å². The van der Waals surface area contributed by atoms with Gasteiger partial charge in [0.05, 0.1) is 0 Å². The summed E-state index contributed by atoms with van der Waals surface area (Å²) in [7, 11) is 0. The molecule has 70 valence electrons. The van der Waals surface area contributed by atoms with Gasteiger partial charge >= 0.3 is 6.09 Å². The molecule has 0 aliphatic carbocycles. The zero-order valence-electron chi connectivity index (χ0n) is 6.59. The third-order valence-corrected chi connectivity index (χ3v) is 1.99. The molecule has 0 atom stereocenters. The molecular weight excluding hydrogens is 241 g/mol. The van der Waals surface area contributed by atoms with Crippen LogP contribution >= 0.6 is 15.9 Å². The number of primary amides is 1. The summed E-state index contributed by atoms with van der Waals surface area (Å²) >= 11 is 3.11. The van der Waals surface area contributed by atoms with Crippen LogP contribution in [0.1, 0.15) is 5.56 Å². The molecule has 0 unspecified atom stereocenters. The summed E-state index contributed by atoms with van der Waals surface area (Å²) in [6.45, 7) is 0. The Morgan fingerprint density at radius 1 is 1.62 bits per heavy atom. The van der Waals surface area contributed by atoms with Crippen molar-refractivity contribution in [3.05, 3.63) is 29.6 Å². The van der Waals surface area contributed by atoms with E-state index in [1.54, 1.807) is 0 Å². The Hall–Kier alpha value is -1.10. The van der Waals surface area contributed by atoms with E-state index in [1.807, 2.05) is 0 Å². The number of hydrogen-bond donors (Lipinski definition) is 1. The van der Waals surface area contributed by atoms with E-state index in [0.29, 0.717) is 10.9 Å². The molecule has 0 radical (unpaired) electrons. The predicted octanol–water partition coefficient (Wildman–Crippen LogP) is 2.18. The van der Waals surface area contributed by atoms with Gasteiger partial charge < -0.3 is 10.5 Å². The lowest BCUT2D eigenvalue weighted by molar-refractivity contribution is 0.210. The van der Waals surface area contributed by atoms with Crippen molar-refractivity contribution in [2.45, 2.75) is 5.33 Å². The number of hydrogen-bond acceptors (Lipinski definition) is 2. The van der Waals surface area contributed by atoms with Crippen LogP contribution in [-0.2, 0) is 5.33 Å². The van der Waals surface area contributed by atoms with Gasteiger partial charge in [0.25, 0.3) is 0 Å². The third-order valence-electron chi connectivity index (χ3n) is 1.39. The quantitative estimate of drug-likeness (QED) is 0.815. The normalized spacial score (nSPS) is 9.69. The van der Waals surface area contributed by atoms with Gasteiger partial charge in [0, 0.05) is 11.4 Å². The third kappa shape index (κ3) is 2.69. The first-order valence-corrected chi connectivity index (χ1v) is 4.57. The van der Waals surface area contributed by atoms with Crippen LogP contribution in [0.4, 0.5) is 9.18 Å². The van der Waals surface area contributed by atoms with Crippen molar-refractivity contribution >= 4 is 22.0 Å². The molecule has 1 aromatic rings. The number of benzene rings is 1. The Balaban J connectivity index is 2.89. The molecule has 3 nitrogen and oxygen atoms in total. The molecule has 0 bridgehead atoms. The van der Waals surface area contributed by atoms with Gasteiger partial charge in [-0.1, -0.05) is 22.0 Å². The van der Waals surface area contributed by atoms with Crippen molar-refractivity contribution in [1.29, 1.82) is 0 Å². The topological polar surface area (TPSA) is 52.3 Å². The van der Waals surface area contributed by atoms with E-state index in [2.05, 4.69) is 20.7 Å². The van der Waals surface area contributed by atoms with Crippen molar-refractivity contribution in [3.63, 3.8) is 0 Å². The summed E-state index contributed by atoms with van der Waals surface area (Å²) in [5.74, 6) is -0.328. The fourth-order valence-electron chi connectivity index (χ4n) is 0.816. The molecule has 0 heterocycles. The van der Waals surface area contributed by atoms with Gasteiger partial charge in [-0.3, -0.25) is 0 Å². The summed E-state index contributed by atoms with van der Waals surface area (Å²) in [5, 5.41) is 0.412. The average Bonchev–Trinajstić information content (AvgIpc) is 2.03. The van der Waals surface area contributed by atoms with Crippen LogP contribution in [0.5, 0.6) is 5.75 Å². The van der Waals surface area contributed by atoms with Crippen molar-refractivity contribution in [1.82, 2.24) is 0 Å². The van der Waals surface area contributed by atoms with E-state index in [4.69, 9.17) is 5.73 Å². The van der Waals surface area contributed by atoms with Gasteiger partial charge in [0.15, 0.2) is 0 Å². The monoisotopic (exact) mass is 247 g/mol. The minimum atomic E-state index is -0.953. The van der Waals surface area contributed by atoms with Crippen LogP contribution in [0, 0.1) is 5.82 Å². The Bertz CT molecular complexity index is 330. The van der Waals surface area contributed by atoms with Crippen molar-refractivity contribution in [2.24, 2.45) is 5.73 Å². The second-order valence-electron chi connectivity index (χ2n) is 2.31. The first-order chi connectivity index (χ1) is 6.13. The highest BCUT2D eigenvalue weighted by molar-refractivity contribution is 9.08. The number of halogens is 2. The van der Waals surface area contributed by atoms with E-state index in [0.717, 1.165) is 6.07 Å². The molecule has 1 rings (SSSR count). The van der Waals surface area contributed by atoms with E-state index in [1.165, 1.54) is 12.1 Å². The van der Waals surface area contributed by atoms with E-state index in [9.17, 15) is 9.18 Å². The van der Waals surface area contributed by atoms with Crippen molar-refractivity contribution < 1.29 is 13.9 Å². The smallest absolute Gasteiger partial charge is 0.409 e. The Kier molecular flexibility index (Phi) is 3.25. The number of nitrogens with two attached hydrogens (primary N) is 1. The second kappa shape index (κ2) is 4.23. The lowest BCUT2D eigenvalue weighted by atomic mass is 10.2. The average molecular weight is 248 g/mol. The molecule has 13 heavy (non-hydrogen) atoms. The molecule has 0 aromatic heterocycles. The molecule has 5 heteroatoms. The minimum Gasteiger partial charge on any atom is -0.410 e. The number of rotatable bonds is 2. The summed E-state index contributed by atoms with van der Waals surface area (Å²) in [4.78, 5) is 10.3. The Labute approximate surface area is 82.8 Å². The maximum absolute atomic E-state index is 13.0. The lowest BCUT2D eigenvalue weighted by Crippen LogP contribution is -2.16. The van der Waals surface area contributed by atoms with Crippen LogP contribution in [0.2, 0.25) is 0 Å². The van der Waals surface area contributed by atoms with Gasteiger partial charge in [-0.2, -0.15) is 0 Å². The number of amides is 1. The molecule has 1 aromatic carbocycles. The number of carbonyl (C=O) groups excluding carboxylic acids is 1. The predicted molar refractivity (Wildman–Crippen MR) is 49.2 cm³/mol. The maximum atomic E-state index is 13.0. The standard InChI is InChI=1S/C8H7BrFNO2/c9-4-5-1-2-6(3-7(5)10)13-8(11)12/h1-3H,4H2,(H2,11,12). The lowest BCUT2D eigenvalue weighted by Gasteiger charge is -2.02. The largest absolute Gasteiger partial charge is 0.410 e. The van der Waals surface area contributed by atoms with E-state index < -0.39 is 11.9 Å². The van der Waals surface area contributed by atoms with Gasteiger partial charge in [0.1, 0.15) is 11.6 Å². The van der Waals surface area contributed by atoms with Crippen molar-refractivity contribution in [2.75, 3.05) is 0 Å². The van der Waals surface area contributed by atoms with E-state index >= 15 is 0 Å². The first-order valence-electron chi connectivity index (χ1n) is 3.45. The van der Waals surface area contributed by atoms with E-state index in [-0.39, 0.29) is 5.75 Å². The molecule has 0 fully saturated rings. The van der Waals surface area contributed by atoms with Crippen LogP contribution in [0.3, 0.4) is 0 Å². The molecule has 0 aliphatic heterocycles. The number of ether oxygens (including phenoxy) is 1. The number of carbonyl (C=O) groups is 1. The highest BCUT2D eigenvalue weighted by Crippen LogP contribution is 2.18. The molecule has 0 aliphatic rings. The van der Waals surface area contributed by atoms with Gasteiger partial charge in [0.2, 0.25) is 0 Å². The molecule has 1 amide bonds.